The van der Waals surface area contributed by atoms with E-state index in [1.165, 1.54) is 18.2 Å². The number of hydrogen-bond acceptors (Lipinski definition) is 5. The molecule has 7 heteroatoms. The van der Waals surface area contributed by atoms with Gasteiger partial charge in [0.05, 0.1) is 40.1 Å². The van der Waals surface area contributed by atoms with Crippen molar-refractivity contribution in [1.29, 1.82) is 0 Å². The molecular weight excluding hydrogens is 474 g/mol. The first-order chi connectivity index (χ1) is 17.3. The Morgan fingerprint density at radius 3 is 2.64 bits per heavy atom. The Morgan fingerprint density at radius 2 is 1.92 bits per heavy atom. The fraction of sp³-hybridized carbons (Fsp3) is 0.483. The molecule has 3 aromatic rings. The minimum Gasteiger partial charge on any atom is -0.469 e. The van der Waals surface area contributed by atoms with Gasteiger partial charge in [-0.1, -0.05) is 29.8 Å². The maximum absolute atomic E-state index is 12.9. The van der Waals surface area contributed by atoms with E-state index < -0.39 is 0 Å². The number of piperidine rings is 1. The van der Waals surface area contributed by atoms with Crippen molar-refractivity contribution in [3.05, 3.63) is 68.7 Å². The number of nitrogens with zero attached hydrogens (tertiary/aromatic N) is 3. The second-order valence-corrected chi connectivity index (χ2v) is 11.7. The van der Waals surface area contributed by atoms with Crippen LogP contribution in [0.5, 0.6) is 0 Å². The highest BCUT2D eigenvalue weighted by atomic mass is 35.5. The van der Waals surface area contributed by atoms with E-state index >= 15 is 0 Å². The van der Waals surface area contributed by atoms with Crippen LogP contribution in [-0.4, -0.2) is 47.2 Å². The van der Waals surface area contributed by atoms with Crippen LogP contribution in [-0.2, 0) is 14.9 Å². The average Bonchev–Trinajstić information content (AvgIpc) is 3.07. The molecule has 6 rings (SSSR count). The van der Waals surface area contributed by atoms with Crippen LogP contribution in [0.25, 0.3) is 16.6 Å². The number of carbonyl (C=O) groups is 1. The third-order valence-corrected chi connectivity index (χ3v) is 9.02. The van der Waals surface area contributed by atoms with Gasteiger partial charge in [-0.15, -0.1) is 0 Å². The predicted molar refractivity (Wildman–Crippen MR) is 141 cm³/mol. The molecule has 0 bridgehead atoms. The minimum absolute atomic E-state index is 0.0547. The van der Waals surface area contributed by atoms with Gasteiger partial charge in [-0.2, -0.15) is 4.98 Å². The topological polar surface area (TPSA) is 64.4 Å². The zero-order valence-electron chi connectivity index (χ0n) is 21.1. The fourth-order valence-corrected chi connectivity index (χ4v) is 6.83. The minimum atomic E-state index is -0.363. The standard InChI is InChI=1S/C29H32ClN3O3/c1-29(2)21-8-7-19(18-9-11-32(12-10-18)16-17-13-20(14-17)27(35)36-3)15-24(21)33-23-6-4-5-22(30)25(23)26(34)31-28(29)33/h4-8,15,17-18,20H,9-14,16H2,1-3H3. The Morgan fingerprint density at radius 1 is 1.17 bits per heavy atom. The number of likely N-dealkylation sites (tertiary alicyclic amines) is 1. The Kier molecular flexibility index (Phi) is 5.73. The molecule has 2 fully saturated rings. The van der Waals surface area contributed by atoms with Crippen LogP contribution >= 0.6 is 11.6 Å². The maximum Gasteiger partial charge on any atom is 0.308 e. The number of halogens is 1. The third kappa shape index (κ3) is 3.69. The Hall–Kier alpha value is -2.70. The molecule has 1 saturated carbocycles. The van der Waals surface area contributed by atoms with E-state index in [0.29, 0.717) is 22.2 Å². The van der Waals surface area contributed by atoms with E-state index in [-0.39, 0.29) is 22.9 Å². The number of fused-ring (bicyclic) bond motifs is 5. The summed E-state index contributed by atoms with van der Waals surface area (Å²) in [6.45, 7) is 7.51. The summed E-state index contributed by atoms with van der Waals surface area (Å²) in [5, 5.41) is 0.926. The van der Waals surface area contributed by atoms with Crippen LogP contribution in [0, 0.1) is 11.8 Å². The van der Waals surface area contributed by atoms with Crippen molar-refractivity contribution in [3.63, 3.8) is 0 Å². The summed E-state index contributed by atoms with van der Waals surface area (Å²) >= 11 is 6.43. The normalized spacial score (nSPS) is 23.2. The molecule has 3 heterocycles. The van der Waals surface area contributed by atoms with Crippen molar-refractivity contribution in [2.75, 3.05) is 26.7 Å². The number of benzene rings is 2. The highest BCUT2D eigenvalue weighted by Crippen LogP contribution is 2.45. The summed E-state index contributed by atoms with van der Waals surface area (Å²) in [5.41, 5.74) is 3.84. The number of aromatic nitrogens is 2. The number of methoxy groups -OCH3 is 1. The summed E-state index contributed by atoms with van der Waals surface area (Å²) in [4.78, 5) is 31.6. The number of hydrogen-bond donors (Lipinski definition) is 0. The van der Waals surface area contributed by atoms with Gasteiger partial charge >= 0.3 is 5.97 Å². The van der Waals surface area contributed by atoms with Crippen LogP contribution < -0.4 is 5.56 Å². The van der Waals surface area contributed by atoms with Crippen molar-refractivity contribution in [1.82, 2.24) is 14.5 Å². The molecule has 0 atom stereocenters. The lowest BCUT2D eigenvalue weighted by Gasteiger charge is -2.39. The quantitative estimate of drug-likeness (QED) is 0.464. The Labute approximate surface area is 216 Å². The first kappa shape index (κ1) is 23.7. The van der Waals surface area contributed by atoms with Gasteiger partial charge in [-0.25, -0.2) is 0 Å². The fourth-order valence-electron chi connectivity index (χ4n) is 6.58. The lowest BCUT2D eigenvalue weighted by atomic mass is 9.74. The second-order valence-electron chi connectivity index (χ2n) is 11.2. The van der Waals surface area contributed by atoms with Crippen molar-refractivity contribution in [2.45, 2.75) is 50.9 Å². The molecule has 3 aliphatic rings. The molecule has 188 valence electrons. The van der Waals surface area contributed by atoms with Gasteiger partial charge < -0.3 is 9.64 Å². The van der Waals surface area contributed by atoms with E-state index in [0.717, 1.165) is 62.3 Å². The molecule has 1 saturated heterocycles. The van der Waals surface area contributed by atoms with Crippen LogP contribution in [0.4, 0.5) is 0 Å². The van der Waals surface area contributed by atoms with Gasteiger partial charge in [-0.05, 0) is 93.8 Å². The Balaban J connectivity index is 1.24. The molecule has 36 heavy (non-hydrogen) atoms. The van der Waals surface area contributed by atoms with Gasteiger partial charge in [0.1, 0.15) is 5.82 Å². The highest BCUT2D eigenvalue weighted by Gasteiger charge is 2.40. The summed E-state index contributed by atoms with van der Waals surface area (Å²) in [5.74, 6) is 1.94. The summed E-state index contributed by atoms with van der Waals surface area (Å²) in [6.07, 6.45) is 4.16. The maximum atomic E-state index is 12.9. The first-order valence-corrected chi connectivity index (χ1v) is 13.3. The van der Waals surface area contributed by atoms with Gasteiger partial charge in [0.25, 0.3) is 5.56 Å². The monoisotopic (exact) mass is 505 g/mol. The molecule has 0 unspecified atom stereocenters. The van der Waals surface area contributed by atoms with Crippen molar-refractivity contribution in [3.8, 4) is 5.69 Å². The molecule has 2 aromatic carbocycles. The van der Waals surface area contributed by atoms with Crippen LogP contribution in [0.15, 0.2) is 41.2 Å². The van der Waals surface area contributed by atoms with Gasteiger partial charge in [0, 0.05) is 6.54 Å². The lowest BCUT2D eigenvalue weighted by molar-refractivity contribution is -0.150. The van der Waals surface area contributed by atoms with E-state index in [4.69, 9.17) is 16.3 Å². The van der Waals surface area contributed by atoms with E-state index in [9.17, 15) is 9.59 Å². The SMILES string of the molecule is COC(=O)C1CC(CN2CCC(c3ccc4c(c3)-n3c(nc(=O)c5c(Cl)cccc53)C4(C)C)CC2)C1. The first-order valence-electron chi connectivity index (χ1n) is 12.9. The zero-order chi connectivity index (χ0) is 25.2. The second kappa shape index (κ2) is 8.70. The van der Waals surface area contributed by atoms with Crippen LogP contribution in [0.2, 0.25) is 5.02 Å². The van der Waals surface area contributed by atoms with E-state index in [1.54, 1.807) is 6.07 Å². The predicted octanol–water partition coefficient (Wildman–Crippen LogP) is 5.06. The molecule has 2 aliphatic heterocycles. The van der Waals surface area contributed by atoms with E-state index in [1.807, 2.05) is 12.1 Å². The van der Waals surface area contributed by atoms with Gasteiger partial charge in [0.15, 0.2) is 0 Å². The van der Waals surface area contributed by atoms with Crippen LogP contribution in [0.1, 0.15) is 62.4 Å². The number of esters is 1. The summed E-state index contributed by atoms with van der Waals surface area (Å²) < 4.78 is 7.02. The molecule has 1 aliphatic carbocycles. The van der Waals surface area contributed by atoms with Gasteiger partial charge in [-0.3, -0.25) is 14.2 Å². The zero-order valence-corrected chi connectivity index (χ0v) is 21.8. The molecule has 0 spiro atoms. The van der Waals surface area contributed by atoms with Gasteiger partial charge in [0.2, 0.25) is 0 Å². The molecule has 6 nitrogen and oxygen atoms in total. The number of carbonyl (C=O) groups excluding carboxylic acids is 1. The number of rotatable bonds is 4. The average molecular weight is 506 g/mol. The van der Waals surface area contributed by atoms with Crippen molar-refractivity contribution in [2.24, 2.45) is 11.8 Å². The molecular formula is C29H32ClN3O3. The van der Waals surface area contributed by atoms with E-state index in [2.05, 4.69) is 46.5 Å². The number of ether oxygens (including phenoxy) is 1. The van der Waals surface area contributed by atoms with Crippen molar-refractivity contribution >= 4 is 28.5 Å². The molecule has 1 aromatic heterocycles. The summed E-state index contributed by atoms with van der Waals surface area (Å²) in [6, 6.07) is 12.4. The highest BCUT2D eigenvalue weighted by molar-refractivity contribution is 6.35. The van der Waals surface area contributed by atoms with Crippen LogP contribution in [0.3, 0.4) is 0 Å². The lowest BCUT2D eigenvalue weighted by Crippen LogP contribution is -2.42. The molecule has 0 N–H and O–H groups in total. The Bertz CT molecular complexity index is 1420. The molecule has 0 radical (unpaired) electrons. The smallest absolute Gasteiger partial charge is 0.308 e. The largest absolute Gasteiger partial charge is 0.469 e. The van der Waals surface area contributed by atoms with Crippen molar-refractivity contribution < 1.29 is 9.53 Å². The molecule has 0 amide bonds. The summed E-state index contributed by atoms with van der Waals surface area (Å²) in [7, 11) is 1.48. The third-order valence-electron chi connectivity index (χ3n) is 8.71.